The second kappa shape index (κ2) is 3.97. The van der Waals surface area contributed by atoms with E-state index in [1.807, 2.05) is 12.1 Å². The topological polar surface area (TPSA) is 29.3 Å². The molecule has 1 fully saturated rings. The van der Waals surface area contributed by atoms with Gasteiger partial charge in [0, 0.05) is 24.2 Å². The van der Waals surface area contributed by atoms with E-state index in [-0.39, 0.29) is 6.04 Å². The average Bonchev–Trinajstić information content (AvgIpc) is 2.51. The third-order valence-corrected chi connectivity index (χ3v) is 3.01. The summed E-state index contributed by atoms with van der Waals surface area (Å²) in [6.07, 6.45) is 1.03. The van der Waals surface area contributed by atoms with E-state index in [0.717, 1.165) is 25.2 Å². The summed E-state index contributed by atoms with van der Waals surface area (Å²) in [5, 5.41) is 1.37. The highest BCUT2D eigenvalue weighted by Gasteiger charge is 2.20. The van der Waals surface area contributed by atoms with Crippen LogP contribution in [-0.4, -0.2) is 19.1 Å². The molecule has 1 heterocycles. The summed E-state index contributed by atoms with van der Waals surface area (Å²) in [4.78, 5) is 2.20. The van der Waals surface area contributed by atoms with Crippen molar-refractivity contribution in [3.8, 4) is 0 Å². The molecule has 0 aromatic heterocycles. The molecule has 1 aliphatic rings. The Morgan fingerprint density at radius 1 is 1.36 bits per heavy atom. The van der Waals surface area contributed by atoms with Gasteiger partial charge in [-0.25, -0.2) is 0 Å². The molecule has 14 heavy (non-hydrogen) atoms. The molecule has 0 bridgehead atoms. The van der Waals surface area contributed by atoms with E-state index < -0.39 is 0 Å². The van der Waals surface area contributed by atoms with E-state index in [1.165, 1.54) is 0 Å². The molecule has 2 nitrogen and oxygen atoms in total. The predicted octanol–water partition coefficient (Wildman–Crippen LogP) is 2.53. The molecule has 0 amide bonds. The third kappa shape index (κ3) is 1.97. The maximum atomic E-state index is 6.09. The van der Waals surface area contributed by atoms with Crippen LogP contribution in [0.2, 0.25) is 10.0 Å². The van der Waals surface area contributed by atoms with Gasteiger partial charge in [-0.05, 0) is 24.6 Å². The number of benzene rings is 1. The van der Waals surface area contributed by atoms with E-state index in [0.29, 0.717) is 10.0 Å². The highest BCUT2D eigenvalue weighted by molar-refractivity contribution is 6.36. The van der Waals surface area contributed by atoms with Crippen LogP contribution in [0.25, 0.3) is 0 Å². The van der Waals surface area contributed by atoms with Crippen molar-refractivity contribution in [3.05, 3.63) is 28.2 Å². The molecule has 1 aromatic carbocycles. The molecule has 1 aromatic rings. The number of hydrogen-bond donors (Lipinski definition) is 1. The zero-order valence-electron chi connectivity index (χ0n) is 7.71. The predicted molar refractivity (Wildman–Crippen MR) is 61.3 cm³/mol. The highest BCUT2D eigenvalue weighted by Crippen LogP contribution is 2.30. The normalized spacial score (nSPS) is 21.6. The lowest BCUT2D eigenvalue weighted by Crippen LogP contribution is -2.26. The van der Waals surface area contributed by atoms with Crippen LogP contribution in [0.5, 0.6) is 0 Å². The SMILES string of the molecule is N[C@H]1CCN(c2ccc(Cl)cc2Cl)C1. The second-order valence-corrected chi connectivity index (χ2v) is 4.43. The first-order chi connectivity index (χ1) is 6.66. The summed E-state index contributed by atoms with van der Waals surface area (Å²) in [5.41, 5.74) is 6.86. The molecule has 1 atom stereocenters. The Hall–Kier alpha value is -0.440. The van der Waals surface area contributed by atoms with E-state index in [4.69, 9.17) is 28.9 Å². The average molecular weight is 231 g/mol. The minimum atomic E-state index is 0.266. The van der Waals surface area contributed by atoms with Crippen molar-refractivity contribution >= 4 is 28.9 Å². The fraction of sp³-hybridized carbons (Fsp3) is 0.400. The van der Waals surface area contributed by atoms with Crippen molar-refractivity contribution in [2.24, 2.45) is 5.73 Å². The molecule has 0 spiro atoms. The molecule has 2 rings (SSSR count). The number of rotatable bonds is 1. The van der Waals surface area contributed by atoms with Crippen molar-refractivity contribution in [1.82, 2.24) is 0 Å². The highest BCUT2D eigenvalue weighted by atomic mass is 35.5. The van der Waals surface area contributed by atoms with Gasteiger partial charge in [-0.15, -0.1) is 0 Å². The number of nitrogens with two attached hydrogens (primary N) is 1. The molecule has 1 aliphatic heterocycles. The van der Waals surface area contributed by atoms with Crippen LogP contribution in [0.4, 0.5) is 5.69 Å². The molecule has 0 saturated carbocycles. The van der Waals surface area contributed by atoms with Crippen LogP contribution >= 0.6 is 23.2 Å². The summed E-state index contributed by atoms with van der Waals surface area (Å²) >= 11 is 11.9. The van der Waals surface area contributed by atoms with Gasteiger partial charge in [0.05, 0.1) is 10.7 Å². The van der Waals surface area contributed by atoms with Crippen molar-refractivity contribution in [3.63, 3.8) is 0 Å². The zero-order valence-corrected chi connectivity index (χ0v) is 9.22. The fourth-order valence-electron chi connectivity index (χ4n) is 1.74. The summed E-state index contributed by atoms with van der Waals surface area (Å²) in [5.74, 6) is 0. The van der Waals surface area contributed by atoms with Crippen molar-refractivity contribution in [2.45, 2.75) is 12.5 Å². The van der Waals surface area contributed by atoms with Gasteiger partial charge < -0.3 is 10.6 Å². The van der Waals surface area contributed by atoms with Crippen molar-refractivity contribution in [1.29, 1.82) is 0 Å². The monoisotopic (exact) mass is 230 g/mol. The van der Waals surface area contributed by atoms with Crippen LogP contribution in [0, 0.1) is 0 Å². The van der Waals surface area contributed by atoms with Crippen LogP contribution in [0.1, 0.15) is 6.42 Å². The smallest absolute Gasteiger partial charge is 0.0654 e. The molecular weight excluding hydrogens is 219 g/mol. The van der Waals surface area contributed by atoms with E-state index in [9.17, 15) is 0 Å². The standard InChI is InChI=1S/C10H12Cl2N2/c11-7-1-2-10(9(12)5-7)14-4-3-8(13)6-14/h1-2,5,8H,3-4,6,13H2/t8-/m0/s1. The summed E-state index contributed by atoms with van der Waals surface area (Å²) in [6.45, 7) is 1.85. The lowest BCUT2D eigenvalue weighted by Gasteiger charge is -2.19. The van der Waals surface area contributed by atoms with Crippen LogP contribution in [0.3, 0.4) is 0 Å². The van der Waals surface area contributed by atoms with Crippen molar-refractivity contribution < 1.29 is 0 Å². The first-order valence-corrected chi connectivity index (χ1v) is 5.38. The maximum absolute atomic E-state index is 6.09. The molecule has 4 heteroatoms. The fourth-order valence-corrected chi connectivity index (χ4v) is 2.27. The minimum Gasteiger partial charge on any atom is -0.369 e. The number of hydrogen-bond acceptors (Lipinski definition) is 2. The van der Waals surface area contributed by atoms with E-state index in [1.54, 1.807) is 6.07 Å². The molecule has 2 N–H and O–H groups in total. The van der Waals surface area contributed by atoms with Gasteiger partial charge in [0.2, 0.25) is 0 Å². The Morgan fingerprint density at radius 3 is 2.71 bits per heavy atom. The largest absolute Gasteiger partial charge is 0.369 e. The molecule has 0 unspecified atom stereocenters. The summed E-state index contributed by atoms with van der Waals surface area (Å²) < 4.78 is 0. The number of anilines is 1. The van der Waals surface area contributed by atoms with Gasteiger partial charge in [-0.3, -0.25) is 0 Å². The van der Waals surface area contributed by atoms with Gasteiger partial charge in [-0.2, -0.15) is 0 Å². The second-order valence-electron chi connectivity index (χ2n) is 3.59. The Kier molecular flexibility index (Phi) is 2.86. The maximum Gasteiger partial charge on any atom is 0.0654 e. The quantitative estimate of drug-likeness (QED) is 0.804. The Balaban J connectivity index is 2.24. The lowest BCUT2D eigenvalue weighted by molar-refractivity contribution is 0.752. The summed E-state index contributed by atoms with van der Waals surface area (Å²) in [6, 6.07) is 5.83. The van der Waals surface area contributed by atoms with Crippen LogP contribution < -0.4 is 10.6 Å². The Labute approximate surface area is 93.6 Å². The van der Waals surface area contributed by atoms with Gasteiger partial charge in [0.25, 0.3) is 0 Å². The number of halogens is 2. The lowest BCUT2D eigenvalue weighted by atomic mass is 10.3. The summed E-state index contributed by atoms with van der Waals surface area (Å²) in [7, 11) is 0. The first-order valence-electron chi connectivity index (χ1n) is 4.62. The van der Waals surface area contributed by atoms with Gasteiger partial charge in [-0.1, -0.05) is 23.2 Å². The third-order valence-electron chi connectivity index (χ3n) is 2.48. The van der Waals surface area contributed by atoms with Gasteiger partial charge in [0.1, 0.15) is 0 Å². The van der Waals surface area contributed by atoms with E-state index >= 15 is 0 Å². The Bertz CT molecular complexity index is 341. The van der Waals surface area contributed by atoms with Gasteiger partial charge in [0.15, 0.2) is 0 Å². The first kappa shape index (κ1) is 10.1. The molecule has 0 radical (unpaired) electrons. The number of nitrogens with zero attached hydrogens (tertiary/aromatic N) is 1. The molecular formula is C10H12Cl2N2. The van der Waals surface area contributed by atoms with E-state index in [2.05, 4.69) is 4.90 Å². The zero-order chi connectivity index (χ0) is 10.1. The van der Waals surface area contributed by atoms with Crippen LogP contribution in [-0.2, 0) is 0 Å². The van der Waals surface area contributed by atoms with Gasteiger partial charge >= 0.3 is 0 Å². The molecule has 1 saturated heterocycles. The van der Waals surface area contributed by atoms with Crippen LogP contribution in [0.15, 0.2) is 18.2 Å². The molecule has 0 aliphatic carbocycles. The molecule has 76 valence electrons. The van der Waals surface area contributed by atoms with Crippen molar-refractivity contribution in [2.75, 3.05) is 18.0 Å². The Morgan fingerprint density at radius 2 is 2.14 bits per heavy atom. The minimum absolute atomic E-state index is 0.266.